The molecule has 2 heterocycles. The number of aromatic nitrogens is 1. The molecule has 22 heavy (non-hydrogen) atoms. The third-order valence-electron chi connectivity index (χ3n) is 3.03. The highest BCUT2D eigenvalue weighted by molar-refractivity contribution is 5.72. The average Bonchev–Trinajstić information content (AvgIpc) is 2.97. The molecule has 7 heteroatoms. The third-order valence-corrected chi connectivity index (χ3v) is 3.03. The van der Waals surface area contributed by atoms with Gasteiger partial charge >= 0.3 is 5.97 Å². The maximum absolute atomic E-state index is 13.8. The molecule has 0 atom stereocenters. The lowest BCUT2D eigenvalue weighted by Gasteiger charge is -2.07. The minimum Gasteiger partial charge on any atom is -0.469 e. The van der Waals surface area contributed by atoms with Crippen LogP contribution in [0.2, 0.25) is 0 Å². The molecule has 0 N–H and O–H groups in total. The van der Waals surface area contributed by atoms with Crippen molar-refractivity contribution >= 4 is 5.97 Å². The predicted octanol–water partition coefficient (Wildman–Crippen LogP) is 2.46. The van der Waals surface area contributed by atoms with Gasteiger partial charge in [-0.2, -0.15) is 9.37 Å². The lowest BCUT2D eigenvalue weighted by Crippen LogP contribution is -2.07. The van der Waals surface area contributed by atoms with Crippen molar-refractivity contribution in [1.82, 2.24) is 4.98 Å². The van der Waals surface area contributed by atoms with Crippen molar-refractivity contribution in [3.05, 3.63) is 41.8 Å². The molecule has 3 rings (SSSR count). The highest BCUT2D eigenvalue weighted by atomic mass is 19.1. The minimum absolute atomic E-state index is 0.0741. The molecule has 2 aromatic rings. The number of halogens is 1. The number of methoxy groups -OCH3 is 1. The molecule has 1 aliphatic heterocycles. The summed E-state index contributed by atoms with van der Waals surface area (Å²) < 4.78 is 34.2. The number of rotatable bonds is 4. The van der Waals surface area contributed by atoms with Gasteiger partial charge in [0.05, 0.1) is 13.5 Å². The molecule has 0 spiro atoms. The Hall–Kier alpha value is -2.83. The predicted molar refractivity (Wildman–Crippen MR) is 72.6 cm³/mol. The Morgan fingerprint density at radius 3 is 2.86 bits per heavy atom. The van der Waals surface area contributed by atoms with Crippen molar-refractivity contribution in [2.45, 2.75) is 6.42 Å². The summed E-state index contributed by atoms with van der Waals surface area (Å²) in [6, 6.07) is 7.90. The third kappa shape index (κ3) is 2.93. The fourth-order valence-electron chi connectivity index (χ4n) is 1.92. The van der Waals surface area contributed by atoms with E-state index in [2.05, 4.69) is 9.72 Å². The summed E-state index contributed by atoms with van der Waals surface area (Å²) in [6.45, 7) is 0.161. The van der Waals surface area contributed by atoms with E-state index in [1.165, 1.54) is 19.2 Å². The molecule has 0 bridgehead atoms. The monoisotopic (exact) mass is 305 g/mol. The van der Waals surface area contributed by atoms with E-state index in [1.54, 1.807) is 18.2 Å². The molecule has 6 nitrogen and oxygen atoms in total. The zero-order valence-electron chi connectivity index (χ0n) is 11.7. The first-order valence-electron chi connectivity index (χ1n) is 6.45. The Morgan fingerprint density at radius 1 is 1.27 bits per heavy atom. The summed E-state index contributed by atoms with van der Waals surface area (Å²) in [5.41, 5.74) is 0.143. The van der Waals surface area contributed by atoms with Gasteiger partial charge in [-0.25, -0.2) is 0 Å². The molecular formula is C15H12FNO5. The zero-order valence-corrected chi connectivity index (χ0v) is 11.7. The van der Waals surface area contributed by atoms with Crippen molar-refractivity contribution in [2.75, 3.05) is 13.9 Å². The van der Waals surface area contributed by atoms with Crippen LogP contribution in [0.4, 0.5) is 4.39 Å². The first-order valence-corrected chi connectivity index (χ1v) is 6.45. The summed E-state index contributed by atoms with van der Waals surface area (Å²) in [6.07, 6.45) is -0.181. The number of ether oxygens (including phenoxy) is 4. The molecule has 0 amide bonds. The van der Waals surface area contributed by atoms with Crippen LogP contribution in [0.25, 0.3) is 0 Å². The Kier molecular flexibility index (Phi) is 3.78. The molecule has 0 radical (unpaired) electrons. The first kappa shape index (κ1) is 14.1. The molecular weight excluding hydrogens is 293 g/mol. The maximum Gasteiger partial charge on any atom is 0.310 e. The van der Waals surface area contributed by atoms with Crippen LogP contribution in [0, 0.1) is 5.95 Å². The van der Waals surface area contributed by atoms with Gasteiger partial charge in [-0.1, -0.05) is 0 Å². The molecule has 1 aromatic heterocycles. The van der Waals surface area contributed by atoms with Crippen LogP contribution in [0.1, 0.15) is 5.56 Å². The van der Waals surface area contributed by atoms with Gasteiger partial charge in [-0.05, 0) is 18.2 Å². The van der Waals surface area contributed by atoms with Crippen LogP contribution in [0.3, 0.4) is 0 Å². The number of fused-ring (bicyclic) bond motifs is 1. The summed E-state index contributed by atoms with van der Waals surface area (Å²) >= 11 is 0. The van der Waals surface area contributed by atoms with E-state index in [-0.39, 0.29) is 24.7 Å². The normalized spacial score (nSPS) is 12.1. The Bertz CT molecular complexity index is 719. The number of nitrogens with zero attached hydrogens (tertiary/aromatic N) is 1. The second kappa shape index (κ2) is 5.88. The van der Waals surface area contributed by atoms with Crippen LogP contribution in [0.15, 0.2) is 30.3 Å². The minimum atomic E-state index is -0.774. The number of carbonyl (C=O) groups is 1. The van der Waals surface area contributed by atoms with E-state index < -0.39 is 11.9 Å². The van der Waals surface area contributed by atoms with Crippen LogP contribution < -0.4 is 14.2 Å². The van der Waals surface area contributed by atoms with Crippen molar-refractivity contribution in [3.63, 3.8) is 0 Å². The number of hydrogen-bond acceptors (Lipinski definition) is 6. The van der Waals surface area contributed by atoms with E-state index in [4.69, 9.17) is 14.2 Å². The molecule has 0 saturated carbocycles. The standard InChI is InChI=1S/C15H12FNO5/c1-19-14(18)6-9-2-5-13(17-15(9)16)22-10-3-4-11-12(7-10)21-8-20-11/h2-5,7H,6,8H2,1H3. The van der Waals surface area contributed by atoms with Gasteiger partial charge in [0.15, 0.2) is 11.5 Å². The van der Waals surface area contributed by atoms with Crippen LogP contribution in [-0.4, -0.2) is 24.9 Å². The quantitative estimate of drug-likeness (QED) is 0.638. The van der Waals surface area contributed by atoms with Crippen LogP contribution in [-0.2, 0) is 16.0 Å². The lowest BCUT2D eigenvalue weighted by atomic mass is 10.2. The van der Waals surface area contributed by atoms with Gasteiger partial charge in [-0.15, -0.1) is 0 Å². The Morgan fingerprint density at radius 2 is 2.09 bits per heavy atom. The number of benzene rings is 1. The molecule has 1 aliphatic rings. The highest BCUT2D eigenvalue weighted by Gasteiger charge is 2.15. The van der Waals surface area contributed by atoms with Gasteiger partial charge in [0, 0.05) is 17.7 Å². The van der Waals surface area contributed by atoms with Crippen molar-refractivity contribution < 1.29 is 28.1 Å². The number of hydrogen-bond donors (Lipinski definition) is 0. The Balaban J connectivity index is 1.75. The van der Waals surface area contributed by atoms with E-state index in [1.807, 2.05) is 0 Å². The number of pyridine rings is 1. The van der Waals surface area contributed by atoms with Crippen LogP contribution in [0.5, 0.6) is 23.1 Å². The molecule has 114 valence electrons. The van der Waals surface area contributed by atoms with Gasteiger partial charge in [0.25, 0.3) is 0 Å². The molecule has 0 aliphatic carbocycles. The van der Waals surface area contributed by atoms with Crippen molar-refractivity contribution in [1.29, 1.82) is 0 Å². The molecule has 0 fully saturated rings. The summed E-state index contributed by atoms with van der Waals surface area (Å²) in [5, 5.41) is 0. The maximum atomic E-state index is 13.8. The van der Waals surface area contributed by atoms with E-state index >= 15 is 0 Å². The first-order chi connectivity index (χ1) is 10.7. The molecule has 0 saturated heterocycles. The second-order valence-electron chi connectivity index (χ2n) is 4.47. The molecule has 0 unspecified atom stereocenters. The van der Waals surface area contributed by atoms with Crippen molar-refractivity contribution in [2.24, 2.45) is 0 Å². The number of carbonyl (C=O) groups excluding carboxylic acids is 1. The smallest absolute Gasteiger partial charge is 0.310 e. The van der Waals surface area contributed by atoms with Crippen LogP contribution >= 0.6 is 0 Å². The van der Waals surface area contributed by atoms with Gasteiger partial charge in [0.2, 0.25) is 18.6 Å². The van der Waals surface area contributed by atoms with Gasteiger partial charge in [-0.3, -0.25) is 4.79 Å². The summed E-state index contributed by atoms with van der Waals surface area (Å²) in [7, 11) is 1.24. The van der Waals surface area contributed by atoms with Crippen molar-refractivity contribution in [3.8, 4) is 23.1 Å². The fraction of sp³-hybridized carbons (Fsp3) is 0.200. The average molecular weight is 305 g/mol. The second-order valence-corrected chi connectivity index (χ2v) is 4.47. The zero-order chi connectivity index (χ0) is 15.5. The SMILES string of the molecule is COC(=O)Cc1ccc(Oc2ccc3c(c2)OCO3)nc1F. The fourth-order valence-corrected chi connectivity index (χ4v) is 1.92. The summed E-state index contributed by atoms with van der Waals surface area (Å²) in [5.74, 6) is 0.385. The summed E-state index contributed by atoms with van der Waals surface area (Å²) in [4.78, 5) is 14.8. The van der Waals surface area contributed by atoms with E-state index in [0.29, 0.717) is 17.2 Å². The largest absolute Gasteiger partial charge is 0.469 e. The molecule has 1 aromatic carbocycles. The van der Waals surface area contributed by atoms with E-state index in [9.17, 15) is 9.18 Å². The Labute approximate surface area is 125 Å². The van der Waals surface area contributed by atoms with E-state index in [0.717, 1.165) is 0 Å². The topological polar surface area (TPSA) is 66.9 Å². The van der Waals surface area contributed by atoms with Gasteiger partial charge in [0.1, 0.15) is 5.75 Å². The highest BCUT2D eigenvalue weighted by Crippen LogP contribution is 2.36. The van der Waals surface area contributed by atoms with Gasteiger partial charge < -0.3 is 18.9 Å². The lowest BCUT2D eigenvalue weighted by molar-refractivity contribution is -0.139. The number of esters is 1.